The van der Waals surface area contributed by atoms with Gasteiger partial charge in [0.1, 0.15) is 12.2 Å². The quantitative estimate of drug-likeness (QED) is 0.843. The molecule has 2 aromatic carbocycles. The molecule has 0 aromatic heterocycles. The molecular weight excluding hydrogens is 307 g/mol. The van der Waals surface area contributed by atoms with Crippen molar-refractivity contribution in [2.45, 2.75) is 13.3 Å². The first kappa shape index (κ1) is 16.0. The molecule has 22 heavy (non-hydrogen) atoms. The zero-order valence-corrected chi connectivity index (χ0v) is 12.6. The third kappa shape index (κ3) is 4.56. The first-order valence-corrected chi connectivity index (χ1v) is 6.93. The molecule has 2 rings (SSSR count). The van der Waals surface area contributed by atoms with Gasteiger partial charge in [-0.15, -0.1) is 0 Å². The van der Waals surface area contributed by atoms with Gasteiger partial charge in [-0.3, -0.25) is 9.59 Å². The number of rotatable bonds is 4. The Labute approximate surface area is 132 Å². The number of anilines is 2. The van der Waals surface area contributed by atoms with Crippen molar-refractivity contribution in [2.24, 2.45) is 0 Å². The summed E-state index contributed by atoms with van der Waals surface area (Å²) in [6.07, 6.45) is -0.344. The third-order valence-electron chi connectivity index (χ3n) is 2.83. The van der Waals surface area contributed by atoms with Crippen molar-refractivity contribution < 1.29 is 14.0 Å². The standard InChI is InChI=1S/C16H14ClFN2O2/c1-10-3-2-4-11(7-10)19-15(21)9-16(22)20-12-5-6-14(18)13(17)8-12/h2-8H,9H2,1H3,(H,19,21)(H,20,22). The lowest BCUT2D eigenvalue weighted by atomic mass is 10.2. The van der Waals surface area contributed by atoms with E-state index in [1.165, 1.54) is 12.1 Å². The van der Waals surface area contributed by atoms with E-state index in [1.54, 1.807) is 12.1 Å². The highest BCUT2D eigenvalue weighted by molar-refractivity contribution is 6.31. The molecule has 114 valence electrons. The third-order valence-corrected chi connectivity index (χ3v) is 3.12. The van der Waals surface area contributed by atoms with E-state index in [0.29, 0.717) is 11.4 Å². The van der Waals surface area contributed by atoms with Crippen molar-refractivity contribution in [3.8, 4) is 0 Å². The SMILES string of the molecule is Cc1cccc(NC(=O)CC(=O)Nc2ccc(F)c(Cl)c2)c1. The highest BCUT2D eigenvalue weighted by Gasteiger charge is 2.11. The Hall–Kier alpha value is -2.40. The maximum atomic E-state index is 13.0. The van der Waals surface area contributed by atoms with Crippen LogP contribution in [-0.4, -0.2) is 11.8 Å². The van der Waals surface area contributed by atoms with E-state index in [2.05, 4.69) is 10.6 Å². The highest BCUT2D eigenvalue weighted by atomic mass is 35.5. The highest BCUT2D eigenvalue weighted by Crippen LogP contribution is 2.19. The molecule has 0 fully saturated rings. The summed E-state index contributed by atoms with van der Waals surface area (Å²) in [4.78, 5) is 23.6. The van der Waals surface area contributed by atoms with Gasteiger partial charge < -0.3 is 10.6 Å². The lowest BCUT2D eigenvalue weighted by Gasteiger charge is -2.07. The van der Waals surface area contributed by atoms with E-state index in [-0.39, 0.29) is 11.4 Å². The van der Waals surface area contributed by atoms with E-state index in [9.17, 15) is 14.0 Å². The van der Waals surface area contributed by atoms with Crippen LogP contribution in [0.3, 0.4) is 0 Å². The second kappa shape index (κ2) is 7.04. The molecule has 4 nitrogen and oxygen atoms in total. The van der Waals surface area contributed by atoms with Crippen molar-refractivity contribution in [1.82, 2.24) is 0 Å². The van der Waals surface area contributed by atoms with Crippen LogP contribution < -0.4 is 10.6 Å². The van der Waals surface area contributed by atoms with E-state index >= 15 is 0 Å². The zero-order chi connectivity index (χ0) is 16.1. The average molecular weight is 321 g/mol. The number of hydrogen-bond donors (Lipinski definition) is 2. The zero-order valence-electron chi connectivity index (χ0n) is 11.8. The van der Waals surface area contributed by atoms with E-state index in [0.717, 1.165) is 11.6 Å². The topological polar surface area (TPSA) is 58.2 Å². The summed E-state index contributed by atoms with van der Waals surface area (Å²) in [5.41, 5.74) is 1.96. The maximum absolute atomic E-state index is 13.0. The van der Waals surface area contributed by atoms with Gasteiger partial charge in [0.25, 0.3) is 0 Å². The summed E-state index contributed by atoms with van der Waals surface area (Å²) < 4.78 is 13.0. The van der Waals surface area contributed by atoms with Crippen LogP contribution in [0.4, 0.5) is 15.8 Å². The van der Waals surface area contributed by atoms with Gasteiger partial charge in [-0.2, -0.15) is 0 Å². The van der Waals surface area contributed by atoms with Crippen LogP contribution in [0, 0.1) is 12.7 Å². The fourth-order valence-electron chi connectivity index (χ4n) is 1.85. The van der Waals surface area contributed by atoms with Crippen LogP contribution in [-0.2, 0) is 9.59 Å². The van der Waals surface area contributed by atoms with E-state index < -0.39 is 17.6 Å². The van der Waals surface area contributed by atoms with Crippen LogP contribution in [0.1, 0.15) is 12.0 Å². The Morgan fingerprint density at radius 2 is 1.68 bits per heavy atom. The molecule has 0 unspecified atom stereocenters. The molecule has 0 heterocycles. The molecule has 0 atom stereocenters. The number of nitrogens with one attached hydrogen (secondary N) is 2. The Morgan fingerprint density at radius 3 is 2.27 bits per heavy atom. The molecule has 6 heteroatoms. The monoisotopic (exact) mass is 320 g/mol. The molecule has 2 amide bonds. The van der Waals surface area contributed by atoms with Gasteiger partial charge in [0, 0.05) is 11.4 Å². The van der Waals surface area contributed by atoms with Gasteiger partial charge in [0.2, 0.25) is 11.8 Å². The minimum absolute atomic E-state index is 0.0954. The van der Waals surface area contributed by atoms with E-state index in [1.807, 2.05) is 19.1 Å². The number of halogens is 2. The molecular formula is C16H14ClFN2O2. The fraction of sp³-hybridized carbons (Fsp3) is 0.125. The summed E-state index contributed by atoms with van der Waals surface area (Å²) in [7, 11) is 0. The van der Waals surface area contributed by atoms with Gasteiger partial charge in [0.05, 0.1) is 5.02 Å². The normalized spacial score (nSPS) is 10.1. The summed E-state index contributed by atoms with van der Waals surface area (Å²) in [5.74, 6) is -1.51. The maximum Gasteiger partial charge on any atom is 0.233 e. The van der Waals surface area contributed by atoms with Crippen molar-refractivity contribution in [3.05, 3.63) is 58.9 Å². The lowest BCUT2D eigenvalue weighted by molar-refractivity contribution is -0.123. The van der Waals surface area contributed by atoms with Crippen LogP contribution in [0.2, 0.25) is 5.02 Å². The summed E-state index contributed by atoms with van der Waals surface area (Å²) in [6, 6.07) is 11.1. The Kier molecular flexibility index (Phi) is 5.12. The minimum Gasteiger partial charge on any atom is -0.326 e. The number of carbonyl (C=O) groups excluding carboxylic acids is 2. The van der Waals surface area contributed by atoms with Gasteiger partial charge in [-0.25, -0.2) is 4.39 Å². The Bertz CT molecular complexity index is 719. The number of carbonyl (C=O) groups is 2. The van der Waals surface area contributed by atoms with Gasteiger partial charge in [-0.05, 0) is 42.8 Å². The fourth-order valence-corrected chi connectivity index (χ4v) is 2.03. The Morgan fingerprint density at radius 1 is 1.05 bits per heavy atom. The lowest BCUT2D eigenvalue weighted by Crippen LogP contribution is -2.21. The average Bonchev–Trinajstić information content (AvgIpc) is 2.42. The molecule has 0 bridgehead atoms. The molecule has 2 aromatic rings. The molecule has 0 spiro atoms. The predicted molar refractivity (Wildman–Crippen MR) is 84.5 cm³/mol. The predicted octanol–water partition coefficient (Wildman–Crippen LogP) is 3.75. The molecule has 0 aliphatic carbocycles. The molecule has 0 saturated carbocycles. The smallest absolute Gasteiger partial charge is 0.233 e. The molecule has 2 N–H and O–H groups in total. The Balaban J connectivity index is 1.91. The van der Waals surface area contributed by atoms with E-state index in [4.69, 9.17) is 11.6 Å². The van der Waals surface area contributed by atoms with Crippen LogP contribution >= 0.6 is 11.6 Å². The van der Waals surface area contributed by atoms with Crippen molar-refractivity contribution >= 4 is 34.8 Å². The molecule has 0 aliphatic heterocycles. The first-order chi connectivity index (χ1) is 10.4. The number of amides is 2. The molecule has 0 aliphatic rings. The second-order valence-corrected chi connectivity index (χ2v) is 5.18. The second-order valence-electron chi connectivity index (χ2n) is 4.77. The van der Waals surface area contributed by atoms with Crippen LogP contribution in [0.5, 0.6) is 0 Å². The number of benzene rings is 2. The number of aryl methyl sites for hydroxylation is 1. The first-order valence-electron chi connectivity index (χ1n) is 6.55. The van der Waals surface area contributed by atoms with Gasteiger partial charge in [-0.1, -0.05) is 23.7 Å². The summed E-state index contributed by atoms with van der Waals surface area (Å²) in [6.45, 7) is 1.90. The minimum atomic E-state index is -0.572. The number of hydrogen-bond acceptors (Lipinski definition) is 2. The van der Waals surface area contributed by atoms with Crippen molar-refractivity contribution in [1.29, 1.82) is 0 Å². The summed E-state index contributed by atoms with van der Waals surface area (Å²) >= 11 is 5.62. The van der Waals surface area contributed by atoms with Gasteiger partial charge >= 0.3 is 0 Å². The van der Waals surface area contributed by atoms with Gasteiger partial charge in [0.15, 0.2) is 0 Å². The van der Waals surface area contributed by atoms with Crippen molar-refractivity contribution in [3.63, 3.8) is 0 Å². The van der Waals surface area contributed by atoms with Crippen LogP contribution in [0.25, 0.3) is 0 Å². The summed E-state index contributed by atoms with van der Waals surface area (Å²) in [5, 5.41) is 5.03. The largest absolute Gasteiger partial charge is 0.326 e. The van der Waals surface area contributed by atoms with Crippen molar-refractivity contribution in [2.75, 3.05) is 10.6 Å². The molecule has 0 saturated heterocycles. The van der Waals surface area contributed by atoms with Crippen LogP contribution in [0.15, 0.2) is 42.5 Å². The molecule has 0 radical (unpaired) electrons.